The molecule has 1 amide bonds. The van der Waals surface area contributed by atoms with Gasteiger partial charge in [0.05, 0.1) is 6.61 Å². The summed E-state index contributed by atoms with van der Waals surface area (Å²) in [7, 11) is 0. The van der Waals surface area contributed by atoms with Crippen molar-refractivity contribution in [1.82, 2.24) is 4.90 Å². The summed E-state index contributed by atoms with van der Waals surface area (Å²) in [6, 6.07) is 0. The zero-order valence-electron chi connectivity index (χ0n) is 7.55. The summed E-state index contributed by atoms with van der Waals surface area (Å²) in [5.41, 5.74) is -0.118. The third-order valence-electron chi connectivity index (χ3n) is 1.67. The first kappa shape index (κ1) is 8.53. The summed E-state index contributed by atoms with van der Waals surface area (Å²) in [5.74, 6) is 0.0833. The maximum absolute atomic E-state index is 11.1. The second-order valence-corrected chi connectivity index (χ2v) is 3.85. The summed E-state index contributed by atoms with van der Waals surface area (Å²) < 4.78 is 5.06. The first-order valence-corrected chi connectivity index (χ1v) is 3.84. The molecule has 0 aliphatic carbocycles. The maximum atomic E-state index is 11.1. The number of carbonyl (C=O) groups is 1. The smallest absolute Gasteiger partial charge is 0.221 e. The van der Waals surface area contributed by atoms with Crippen LogP contribution in [0, 0.1) is 0 Å². The summed E-state index contributed by atoms with van der Waals surface area (Å²) in [6.07, 6.45) is 0.0347. The van der Waals surface area contributed by atoms with Crippen molar-refractivity contribution in [2.75, 3.05) is 6.61 Å². The normalized spacial score (nSPS) is 23.1. The average Bonchev–Trinajstić information content (AvgIpc) is 2.42. The number of epoxide rings is 1. The molecule has 1 heterocycles. The highest BCUT2D eigenvalue weighted by Gasteiger charge is 2.38. The number of hydrogen-bond donors (Lipinski definition) is 0. The van der Waals surface area contributed by atoms with Gasteiger partial charge in [0.2, 0.25) is 5.91 Å². The lowest BCUT2D eigenvalue weighted by atomic mass is 10.1. The van der Waals surface area contributed by atoms with Gasteiger partial charge in [0.1, 0.15) is 0 Å². The monoisotopic (exact) mass is 157 g/mol. The van der Waals surface area contributed by atoms with Crippen LogP contribution >= 0.6 is 0 Å². The third kappa shape index (κ3) is 1.93. The predicted molar refractivity (Wildman–Crippen MR) is 42.0 cm³/mol. The fourth-order valence-electron chi connectivity index (χ4n) is 1.30. The van der Waals surface area contributed by atoms with E-state index in [1.807, 2.05) is 20.8 Å². The molecule has 0 N–H and O–H groups in total. The van der Waals surface area contributed by atoms with Crippen molar-refractivity contribution >= 4 is 5.91 Å². The minimum Gasteiger partial charge on any atom is -0.351 e. The molecular formula is C8H15NO2. The fraction of sp³-hybridized carbons (Fsp3) is 0.875. The van der Waals surface area contributed by atoms with E-state index < -0.39 is 0 Å². The minimum absolute atomic E-state index is 0.0347. The lowest BCUT2D eigenvalue weighted by Crippen LogP contribution is -2.46. The largest absolute Gasteiger partial charge is 0.351 e. The van der Waals surface area contributed by atoms with Gasteiger partial charge in [0, 0.05) is 12.5 Å². The number of carbonyl (C=O) groups excluding carboxylic acids is 1. The Morgan fingerprint density at radius 2 is 2.00 bits per heavy atom. The van der Waals surface area contributed by atoms with E-state index in [0.717, 1.165) is 0 Å². The molecule has 0 spiro atoms. The maximum Gasteiger partial charge on any atom is 0.221 e. The Bertz CT molecular complexity index is 167. The summed E-state index contributed by atoms with van der Waals surface area (Å²) in [6.45, 7) is 8.30. The van der Waals surface area contributed by atoms with Crippen molar-refractivity contribution in [3.63, 3.8) is 0 Å². The molecule has 0 aromatic carbocycles. The van der Waals surface area contributed by atoms with Gasteiger partial charge in [-0.05, 0) is 20.8 Å². The Labute approximate surface area is 67.3 Å². The second kappa shape index (κ2) is 2.48. The van der Waals surface area contributed by atoms with Crippen molar-refractivity contribution in [2.24, 2.45) is 0 Å². The summed E-state index contributed by atoms with van der Waals surface area (Å²) in [4.78, 5) is 12.9. The lowest BCUT2D eigenvalue weighted by molar-refractivity contribution is -0.136. The average molecular weight is 157 g/mol. The third-order valence-corrected chi connectivity index (χ3v) is 1.67. The number of rotatable bonds is 1. The van der Waals surface area contributed by atoms with Crippen LogP contribution in [-0.4, -0.2) is 29.2 Å². The molecule has 1 aliphatic heterocycles. The zero-order chi connectivity index (χ0) is 8.65. The molecule has 0 aromatic rings. The van der Waals surface area contributed by atoms with Crippen molar-refractivity contribution in [1.29, 1.82) is 0 Å². The molecule has 1 fully saturated rings. The molecule has 0 saturated carbocycles. The van der Waals surface area contributed by atoms with Crippen LogP contribution in [0.4, 0.5) is 0 Å². The highest BCUT2D eigenvalue weighted by molar-refractivity contribution is 5.74. The Morgan fingerprint density at radius 1 is 1.55 bits per heavy atom. The molecule has 1 unspecified atom stereocenters. The molecule has 0 bridgehead atoms. The standard InChI is InChI=1S/C8H15NO2/c1-6(10)9(7-5-11-7)8(2,3)4/h7H,5H2,1-4H3. The van der Waals surface area contributed by atoms with Gasteiger partial charge in [-0.2, -0.15) is 0 Å². The van der Waals surface area contributed by atoms with Gasteiger partial charge in [-0.15, -0.1) is 0 Å². The van der Waals surface area contributed by atoms with Crippen LogP contribution in [0.5, 0.6) is 0 Å². The SMILES string of the molecule is CC(=O)N(C1CO1)C(C)(C)C. The van der Waals surface area contributed by atoms with Crippen LogP contribution in [0.25, 0.3) is 0 Å². The van der Waals surface area contributed by atoms with Gasteiger partial charge in [-0.25, -0.2) is 0 Å². The van der Waals surface area contributed by atoms with Gasteiger partial charge in [0.25, 0.3) is 0 Å². The van der Waals surface area contributed by atoms with E-state index in [-0.39, 0.29) is 17.7 Å². The van der Waals surface area contributed by atoms with Crippen LogP contribution in [0.1, 0.15) is 27.7 Å². The lowest BCUT2D eigenvalue weighted by Gasteiger charge is -2.33. The van der Waals surface area contributed by atoms with E-state index in [0.29, 0.717) is 6.61 Å². The molecular weight excluding hydrogens is 142 g/mol. The van der Waals surface area contributed by atoms with Crippen LogP contribution in [0.15, 0.2) is 0 Å². The van der Waals surface area contributed by atoms with Crippen molar-refractivity contribution in [3.05, 3.63) is 0 Å². The number of nitrogens with zero attached hydrogens (tertiary/aromatic N) is 1. The Kier molecular flexibility index (Phi) is 1.92. The second-order valence-electron chi connectivity index (χ2n) is 3.85. The number of ether oxygens (including phenoxy) is 1. The first-order chi connectivity index (χ1) is 4.93. The molecule has 1 aliphatic rings. The highest BCUT2D eigenvalue weighted by Crippen LogP contribution is 2.24. The van der Waals surface area contributed by atoms with Crippen LogP contribution in [-0.2, 0) is 9.53 Å². The van der Waals surface area contributed by atoms with Gasteiger partial charge in [-0.1, -0.05) is 0 Å². The van der Waals surface area contributed by atoms with E-state index in [1.165, 1.54) is 0 Å². The molecule has 0 aromatic heterocycles. The van der Waals surface area contributed by atoms with Gasteiger partial charge < -0.3 is 9.64 Å². The van der Waals surface area contributed by atoms with Gasteiger partial charge in [0.15, 0.2) is 6.23 Å². The van der Waals surface area contributed by atoms with E-state index >= 15 is 0 Å². The Balaban J connectivity index is 2.66. The van der Waals surface area contributed by atoms with E-state index in [9.17, 15) is 4.79 Å². The Morgan fingerprint density at radius 3 is 2.09 bits per heavy atom. The number of hydrogen-bond acceptors (Lipinski definition) is 2. The van der Waals surface area contributed by atoms with Crippen LogP contribution < -0.4 is 0 Å². The molecule has 1 atom stereocenters. The van der Waals surface area contributed by atoms with Crippen molar-refractivity contribution in [2.45, 2.75) is 39.5 Å². The van der Waals surface area contributed by atoms with E-state index in [1.54, 1.807) is 11.8 Å². The fourth-order valence-corrected chi connectivity index (χ4v) is 1.30. The van der Waals surface area contributed by atoms with Crippen LogP contribution in [0.3, 0.4) is 0 Å². The van der Waals surface area contributed by atoms with Crippen molar-refractivity contribution in [3.8, 4) is 0 Å². The first-order valence-electron chi connectivity index (χ1n) is 3.84. The predicted octanol–water partition coefficient (Wildman–Crippen LogP) is 0.990. The van der Waals surface area contributed by atoms with Crippen LogP contribution in [0.2, 0.25) is 0 Å². The molecule has 0 radical (unpaired) electrons. The summed E-state index contributed by atoms with van der Waals surface area (Å²) >= 11 is 0. The topological polar surface area (TPSA) is 32.8 Å². The van der Waals surface area contributed by atoms with E-state index in [2.05, 4.69) is 0 Å². The van der Waals surface area contributed by atoms with Gasteiger partial charge in [-0.3, -0.25) is 4.79 Å². The van der Waals surface area contributed by atoms with Crippen molar-refractivity contribution < 1.29 is 9.53 Å². The molecule has 11 heavy (non-hydrogen) atoms. The molecule has 1 rings (SSSR count). The quantitative estimate of drug-likeness (QED) is 0.532. The molecule has 3 heteroatoms. The van der Waals surface area contributed by atoms with E-state index in [4.69, 9.17) is 4.74 Å². The molecule has 1 saturated heterocycles. The highest BCUT2D eigenvalue weighted by atomic mass is 16.6. The zero-order valence-corrected chi connectivity index (χ0v) is 7.55. The molecule has 64 valence electrons. The Hall–Kier alpha value is -0.570. The molecule has 3 nitrogen and oxygen atoms in total. The minimum atomic E-state index is -0.118. The number of amides is 1. The van der Waals surface area contributed by atoms with Gasteiger partial charge >= 0.3 is 0 Å². The summed E-state index contributed by atoms with van der Waals surface area (Å²) in [5, 5.41) is 0.